The van der Waals surface area contributed by atoms with Gasteiger partial charge in [0.25, 0.3) is 5.91 Å². The molecule has 1 aliphatic rings. The predicted molar refractivity (Wildman–Crippen MR) is 84.3 cm³/mol. The summed E-state index contributed by atoms with van der Waals surface area (Å²) in [6, 6.07) is 9.70. The molecule has 1 saturated heterocycles. The zero-order valence-electron chi connectivity index (χ0n) is 11.9. The van der Waals surface area contributed by atoms with Crippen molar-refractivity contribution in [2.45, 2.75) is 25.4 Å². The third-order valence-corrected chi connectivity index (χ3v) is 4.46. The number of aromatic nitrogens is 1. The summed E-state index contributed by atoms with van der Waals surface area (Å²) in [5.74, 6) is 0.0357. The number of nitrogens with zero attached hydrogens (tertiary/aromatic N) is 2. The molecule has 0 saturated carbocycles. The number of benzene rings is 1. The van der Waals surface area contributed by atoms with Gasteiger partial charge in [-0.2, -0.15) is 0 Å². The fraction of sp³-hybridized carbons (Fsp3) is 0.375. The number of hydrogen-bond donors (Lipinski definition) is 1. The van der Waals surface area contributed by atoms with Crippen LogP contribution in [-0.2, 0) is 6.54 Å². The van der Waals surface area contributed by atoms with Crippen LogP contribution in [-0.4, -0.2) is 34.9 Å². The van der Waals surface area contributed by atoms with Crippen molar-refractivity contribution in [3.63, 3.8) is 0 Å². The van der Waals surface area contributed by atoms with Gasteiger partial charge >= 0.3 is 0 Å². The number of carbonyl (C=O) groups is 1. The molecule has 0 spiro atoms. The number of nitrogens with one attached hydrogen (secondary N) is 1. The lowest BCUT2D eigenvalue weighted by Crippen LogP contribution is -2.44. The lowest BCUT2D eigenvalue weighted by Gasteiger charge is -2.31. The van der Waals surface area contributed by atoms with E-state index in [9.17, 15) is 4.79 Å². The van der Waals surface area contributed by atoms with Gasteiger partial charge in [0.2, 0.25) is 0 Å². The lowest BCUT2D eigenvalue weighted by molar-refractivity contribution is 0.0908. The highest BCUT2D eigenvalue weighted by atomic mass is 32.1. The fourth-order valence-corrected chi connectivity index (χ4v) is 3.19. The Morgan fingerprint density at radius 2 is 2.05 bits per heavy atom. The van der Waals surface area contributed by atoms with Gasteiger partial charge in [0.15, 0.2) is 0 Å². The molecular formula is C16H19N3OS. The quantitative estimate of drug-likeness (QED) is 0.944. The summed E-state index contributed by atoms with van der Waals surface area (Å²) in [6.45, 7) is 2.94. The highest BCUT2D eigenvalue weighted by molar-refractivity contribution is 7.07. The van der Waals surface area contributed by atoms with Crippen molar-refractivity contribution < 1.29 is 4.79 Å². The monoisotopic (exact) mass is 301 g/mol. The van der Waals surface area contributed by atoms with Crippen LogP contribution in [0.3, 0.4) is 0 Å². The Morgan fingerprint density at radius 3 is 2.71 bits per heavy atom. The van der Waals surface area contributed by atoms with Gasteiger partial charge in [-0.25, -0.2) is 4.98 Å². The summed E-state index contributed by atoms with van der Waals surface area (Å²) in [7, 11) is 0. The molecule has 4 nitrogen and oxygen atoms in total. The molecule has 1 amide bonds. The lowest BCUT2D eigenvalue weighted by atomic mass is 10.0. The molecule has 1 aromatic carbocycles. The average molecular weight is 301 g/mol. The van der Waals surface area contributed by atoms with Crippen molar-refractivity contribution in [1.29, 1.82) is 0 Å². The average Bonchev–Trinajstić information content (AvgIpc) is 3.03. The van der Waals surface area contributed by atoms with Crippen LogP contribution in [0, 0.1) is 0 Å². The third-order valence-electron chi connectivity index (χ3n) is 3.83. The summed E-state index contributed by atoms with van der Waals surface area (Å²) in [4.78, 5) is 18.8. The van der Waals surface area contributed by atoms with Gasteiger partial charge in [-0.15, -0.1) is 11.3 Å². The van der Waals surface area contributed by atoms with Crippen LogP contribution in [0.2, 0.25) is 0 Å². The minimum Gasteiger partial charge on any atom is -0.349 e. The number of carbonyl (C=O) groups excluding carboxylic acids is 1. The first-order valence-electron chi connectivity index (χ1n) is 7.26. The maximum Gasteiger partial charge on any atom is 0.251 e. The van der Waals surface area contributed by atoms with Gasteiger partial charge in [0.05, 0.1) is 11.2 Å². The van der Waals surface area contributed by atoms with Gasteiger partial charge < -0.3 is 5.32 Å². The molecule has 5 heteroatoms. The van der Waals surface area contributed by atoms with E-state index in [1.165, 1.54) is 0 Å². The second-order valence-corrected chi connectivity index (χ2v) is 6.09. The minimum absolute atomic E-state index is 0.0357. The van der Waals surface area contributed by atoms with E-state index in [4.69, 9.17) is 0 Å². The highest BCUT2D eigenvalue weighted by Crippen LogP contribution is 2.14. The number of hydrogen-bond acceptors (Lipinski definition) is 4. The largest absolute Gasteiger partial charge is 0.349 e. The Morgan fingerprint density at radius 1 is 1.29 bits per heavy atom. The molecule has 0 radical (unpaired) electrons. The Bertz CT molecular complexity index is 562. The fourth-order valence-electron chi connectivity index (χ4n) is 2.64. The van der Waals surface area contributed by atoms with Crippen LogP contribution in [0.15, 0.2) is 41.2 Å². The number of rotatable bonds is 4. The van der Waals surface area contributed by atoms with Crippen LogP contribution >= 0.6 is 11.3 Å². The van der Waals surface area contributed by atoms with Crippen LogP contribution in [0.25, 0.3) is 0 Å². The predicted octanol–water partition coefficient (Wildman–Crippen LogP) is 2.54. The van der Waals surface area contributed by atoms with Gasteiger partial charge in [0, 0.05) is 36.6 Å². The van der Waals surface area contributed by atoms with Crippen LogP contribution < -0.4 is 5.32 Å². The second kappa shape index (κ2) is 6.83. The maximum absolute atomic E-state index is 12.1. The van der Waals surface area contributed by atoms with Crippen molar-refractivity contribution in [1.82, 2.24) is 15.2 Å². The molecule has 1 aromatic heterocycles. The number of thiazole rings is 1. The van der Waals surface area contributed by atoms with Crippen molar-refractivity contribution in [3.05, 3.63) is 52.5 Å². The molecule has 0 bridgehead atoms. The van der Waals surface area contributed by atoms with E-state index in [1.807, 2.05) is 35.8 Å². The van der Waals surface area contributed by atoms with E-state index in [1.54, 1.807) is 11.3 Å². The molecule has 1 fully saturated rings. The smallest absolute Gasteiger partial charge is 0.251 e. The van der Waals surface area contributed by atoms with Crippen LogP contribution in [0.5, 0.6) is 0 Å². The molecule has 0 aliphatic carbocycles. The van der Waals surface area contributed by atoms with Crippen molar-refractivity contribution >= 4 is 17.2 Å². The molecule has 3 rings (SSSR count). The summed E-state index contributed by atoms with van der Waals surface area (Å²) < 4.78 is 0. The standard InChI is InChI=1S/C16H19N3OS/c20-16(13-4-2-1-3-5-13)18-14-6-8-19(9-7-14)10-15-11-21-12-17-15/h1-5,11-12,14H,6-10H2,(H,18,20). The van der Waals surface area contributed by atoms with E-state index >= 15 is 0 Å². The first-order valence-corrected chi connectivity index (χ1v) is 8.21. The molecular weight excluding hydrogens is 282 g/mol. The topological polar surface area (TPSA) is 45.2 Å². The van der Waals surface area contributed by atoms with Gasteiger partial charge in [-0.3, -0.25) is 9.69 Å². The highest BCUT2D eigenvalue weighted by Gasteiger charge is 2.21. The SMILES string of the molecule is O=C(NC1CCN(Cc2cscn2)CC1)c1ccccc1. The van der Waals surface area contributed by atoms with Gasteiger partial charge in [-0.1, -0.05) is 18.2 Å². The number of piperidine rings is 1. The molecule has 0 unspecified atom stereocenters. The summed E-state index contributed by atoms with van der Waals surface area (Å²) in [5.41, 5.74) is 3.76. The number of amides is 1. The first kappa shape index (κ1) is 14.2. The molecule has 1 aliphatic heterocycles. The molecule has 2 heterocycles. The van der Waals surface area contributed by atoms with Crippen LogP contribution in [0.1, 0.15) is 28.9 Å². The Hall–Kier alpha value is -1.72. The van der Waals surface area contributed by atoms with Gasteiger partial charge in [0.1, 0.15) is 0 Å². The Kier molecular flexibility index (Phi) is 4.62. The Balaban J connectivity index is 1.46. The number of likely N-dealkylation sites (tertiary alicyclic amines) is 1. The van der Waals surface area contributed by atoms with Crippen molar-refractivity contribution in [3.8, 4) is 0 Å². The zero-order valence-corrected chi connectivity index (χ0v) is 12.7. The van der Waals surface area contributed by atoms with Crippen molar-refractivity contribution in [2.24, 2.45) is 0 Å². The van der Waals surface area contributed by atoms with E-state index in [0.717, 1.165) is 43.7 Å². The van der Waals surface area contributed by atoms with Gasteiger partial charge in [-0.05, 0) is 25.0 Å². The summed E-state index contributed by atoms with van der Waals surface area (Å²) >= 11 is 1.64. The summed E-state index contributed by atoms with van der Waals surface area (Å²) in [6.07, 6.45) is 2.01. The molecule has 21 heavy (non-hydrogen) atoms. The Labute approximate surface area is 128 Å². The maximum atomic E-state index is 12.1. The second-order valence-electron chi connectivity index (χ2n) is 5.37. The van der Waals surface area contributed by atoms with E-state index in [2.05, 4.69) is 20.6 Å². The normalized spacial score (nSPS) is 16.8. The van der Waals surface area contributed by atoms with E-state index < -0.39 is 0 Å². The zero-order chi connectivity index (χ0) is 14.5. The van der Waals surface area contributed by atoms with E-state index in [-0.39, 0.29) is 11.9 Å². The molecule has 110 valence electrons. The third kappa shape index (κ3) is 3.89. The summed E-state index contributed by atoms with van der Waals surface area (Å²) in [5, 5.41) is 5.24. The molecule has 0 atom stereocenters. The van der Waals surface area contributed by atoms with Crippen molar-refractivity contribution in [2.75, 3.05) is 13.1 Å². The van der Waals surface area contributed by atoms with E-state index in [0.29, 0.717) is 0 Å². The molecule has 2 aromatic rings. The molecule has 1 N–H and O–H groups in total. The van der Waals surface area contributed by atoms with Crippen LogP contribution in [0.4, 0.5) is 0 Å². The first-order chi connectivity index (χ1) is 10.3. The minimum atomic E-state index is 0.0357.